The predicted octanol–water partition coefficient (Wildman–Crippen LogP) is 11.1. The van der Waals surface area contributed by atoms with Crippen LogP contribution in [0.25, 0.3) is 0 Å². The van der Waals surface area contributed by atoms with Crippen LogP contribution in [0.5, 0.6) is 0 Å². The molecule has 232 valence electrons. The molecule has 0 bridgehead atoms. The summed E-state index contributed by atoms with van der Waals surface area (Å²) in [6.07, 6.45) is 40.2. The molecular formula is C36H71NO2. The van der Waals surface area contributed by atoms with Crippen molar-refractivity contribution in [3.63, 3.8) is 0 Å². The Hall–Kier alpha value is -0.640. The number of unbranched alkanes of at least 4 members (excludes halogenated alkanes) is 19. The van der Waals surface area contributed by atoms with E-state index in [4.69, 9.17) is 9.47 Å². The summed E-state index contributed by atoms with van der Waals surface area (Å²) in [5, 5.41) is 0. The SMILES string of the molecule is CCCCCC/C=C\CCCCCCCCOC(COCCCCCCC/C=C\CCCCCC)CN(C)C. The van der Waals surface area contributed by atoms with Crippen molar-refractivity contribution in [3.05, 3.63) is 24.3 Å². The lowest BCUT2D eigenvalue weighted by molar-refractivity contribution is -0.0287. The third-order valence-corrected chi connectivity index (χ3v) is 7.43. The van der Waals surface area contributed by atoms with Crippen LogP contribution in [0.2, 0.25) is 0 Å². The standard InChI is InChI=1S/C36H71NO2/c1-5-7-9-11-13-15-17-19-21-23-25-27-29-31-33-39-36(34-37(3)4)35-38-32-30-28-26-24-22-20-18-16-14-12-10-8-6-2/h15-18,36H,5-14,19-35H2,1-4H3/b17-15-,18-16-. The number of hydrogen-bond acceptors (Lipinski definition) is 3. The fourth-order valence-corrected chi connectivity index (χ4v) is 4.94. The molecule has 0 spiro atoms. The van der Waals surface area contributed by atoms with E-state index in [9.17, 15) is 0 Å². The van der Waals surface area contributed by atoms with E-state index in [1.165, 1.54) is 148 Å². The highest BCUT2D eigenvalue weighted by atomic mass is 16.5. The van der Waals surface area contributed by atoms with Crippen molar-refractivity contribution in [3.8, 4) is 0 Å². The van der Waals surface area contributed by atoms with Crippen LogP contribution in [0.15, 0.2) is 24.3 Å². The molecule has 0 N–H and O–H groups in total. The first-order valence-electron chi connectivity index (χ1n) is 17.3. The summed E-state index contributed by atoms with van der Waals surface area (Å²) < 4.78 is 12.2. The van der Waals surface area contributed by atoms with Crippen LogP contribution in [-0.4, -0.2) is 51.5 Å². The van der Waals surface area contributed by atoms with Crippen LogP contribution >= 0.6 is 0 Å². The molecule has 0 aliphatic rings. The maximum atomic E-state index is 6.20. The van der Waals surface area contributed by atoms with E-state index in [1.54, 1.807) is 0 Å². The van der Waals surface area contributed by atoms with Crippen LogP contribution in [0.4, 0.5) is 0 Å². The molecule has 0 aliphatic heterocycles. The fourth-order valence-electron chi connectivity index (χ4n) is 4.94. The minimum atomic E-state index is 0.197. The van der Waals surface area contributed by atoms with Crippen molar-refractivity contribution in [1.29, 1.82) is 0 Å². The molecule has 3 nitrogen and oxygen atoms in total. The highest BCUT2D eigenvalue weighted by Gasteiger charge is 2.10. The van der Waals surface area contributed by atoms with Gasteiger partial charge in [0.05, 0.1) is 12.7 Å². The average Bonchev–Trinajstić information content (AvgIpc) is 2.92. The summed E-state index contributed by atoms with van der Waals surface area (Å²) in [7, 11) is 4.25. The van der Waals surface area contributed by atoms with Crippen LogP contribution < -0.4 is 0 Å². The normalized spacial score (nSPS) is 12.9. The fraction of sp³-hybridized carbons (Fsp3) is 0.889. The smallest absolute Gasteiger partial charge is 0.0934 e. The first-order chi connectivity index (χ1) is 19.2. The van der Waals surface area contributed by atoms with Gasteiger partial charge in [-0.25, -0.2) is 0 Å². The third-order valence-electron chi connectivity index (χ3n) is 7.43. The van der Waals surface area contributed by atoms with Gasteiger partial charge in [-0.2, -0.15) is 0 Å². The molecule has 0 aliphatic carbocycles. The molecule has 0 rings (SSSR count). The maximum Gasteiger partial charge on any atom is 0.0934 e. The second-order valence-electron chi connectivity index (χ2n) is 11.9. The molecule has 1 atom stereocenters. The Labute approximate surface area is 246 Å². The van der Waals surface area contributed by atoms with Crippen molar-refractivity contribution < 1.29 is 9.47 Å². The van der Waals surface area contributed by atoms with E-state index >= 15 is 0 Å². The van der Waals surface area contributed by atoms with E-state index < -0.39 is 0 Å². The van der Waals surface area contributed by atoms with Gasteiger partial charge in [-0.05, 0) is 78.3 Å². The number of hydrogen-bond donors (Lipinski definition) is 0. The Kier molecular flexibility index (Phi) is 33.0. The third kappa shape index (κ3) is 33.5. The van der Waals surface area contributed by atoms with Crippen molar-refractivity contribution in [2.75, 3.05) is 40.5 Å². The zero-order chi connectivity index (χ0) is 28.5. The first kappa shape index (κ1) is 38.4. The van der Waals surface area contributed by atoms with E-state index in [-0.39, 0.29) is 6.10 Å². The zero-order valence-electron chi connectivity index (χ0n) is 27.2. The molecule has 0 fully saturated rings. The monoisotopic (exact) mass is 550 g/mol. The van der Waals surface area contributed by atoms with Gasteiger partial charge < -0.3 is 14.4 Å². The largest absolute Gasteiger partial charge is 0.379 e. The number of nitrogens with zero attached hydrogens (tertiary/aromatic N) is 1. The summed E-state index contributed by atoms with van der Waals surface area (Å²) >= 11 is 0. The van der Waals surface area contributed by atoms with Crippen molar-refractivity contribution in [2.24, 2.45) is 0 Å². The summed E-state index contributed by atoms with van der Waals surface area (Å²) in [6, 6.07) is 0. The van der Waals surface area contributed by atoms with E-state index in [1.807, 2.05) is 0 Å². The number of likely N-dealkylation sites (N-methyl/N-ethyl adjacent to an activating group) is 1. The van der Waals surface area contributed by atoms with Crippen LogP contribution in [0, 0.1) is 0 Å². The van der Waals surface area contributed by atoms with E-state index in [2.05, 4.69) is 57.1 Å². The molecule has 0 aromatic rings. The molecule has 0 aromatic carbocycles. The molecule has 0 saturated heterocycles. The minimum Gasteiger partial charge on any atom is -0.379 e. The van der Waals surface area contributed by atoms with Crippen LogP contribution in [0.3, 0.4) is 0 Å². The lowest BCUT2D eigenvalue weighted by atomic mass is 10.1. The van der Waals surface area contributed by atoms with Gasteiger partial charge >= 0.3 is 0 Å². The summed E-state index contributed by atoms with van der Waals surface area (Å²) in [5.41, 5.74) is 0. The second kappa shape index (κ2) is 33.6. The molecule has 0 saturated carbocycles. The van der Waals surface area contributed by atoms with Gasteiger partial charge in [0.15, 0.2) is 0 Å². The Balaban J connectivity index is 3.55. The molecule has 3 heteroatoms. The summed E-state index contributed by atoms with van der Waals surface area (Å²) in [5.74, 6) is 0. The summed E-state index contributed by atoms with van der Waals surface area (Å²) in [4.78, 5) is 2.22. The topological polar surface area (TPSA) is 21.7 Å². The second-order valence-corrected chi connectivity index (χ2v) is 11.9. The molecule has 0 aromatic heterocycles. The lowest BCUT2D eigenvalue weighted by Gasteiger charge is -2.21. The predicted molar refractivity (Wildman–Crippen MR) is 175 cm³/mol. The van der Waals surface area contributed by atoms with Crippen LogP contribution in [-0.2, 0) is 9.47 Å². The average molecular weight is 550 g/mol. The lowest BCUT2D eigenvalue weighted by Crippen LogP contribution is -2.32. The minimum absolute atomic E-state index is 0.197. The quantitative estimate of drug-likeness (QED) is 0.0615. The zero-order valence-corrected chi connectivity index (χ0v) is 27.2. The Morgan fingerprint density at radius 3 is 1.31 bits per heavy atom. The Bertz CT molecular complexity index is 462. The molecular weight excluding hydrogens is 478 g/mol. The number of allylic oxidation sites excluding steroid dienone is 4. The Morgan fingerprint density at radius 1 is 0.487 bits per heavy atom. The van der Waals surface area contributed by atoms with E-state index in [0.29, 0.717) is 0 Å². The van der Waals surface area contributed by atoms with Crippen molar-refractivity contribution >= 4 is 0 Å². The van der Waals surface area contributed by atoms with Gasteiger partial charge in [-0.3, -0.25) is 0 Å². The highest BCUT2D eigenvalue weighted by Crippen LogP contribution is 2.11. The Morgan fingerprint density at radius 2 is 0.872 bits per heavy atom. The van der Waals surface area contributed by atoms with Gasteiger partial charge in [-0.1, -0.05) is 122 Å². The highest BCUT2D eigenvalue weighted by molar-refractivity contribution is 4.82. The summed E-state index contributed by atoms with van der Waals surface area (Å²) in [6.45, 7) is 7.97. The molecule has 0 radical (unpaired) electrons. The van der Waals surface area contributed by atoms with Gasteiger partial charge in [0.2, 0.25) is 0 Å². The molecule has 0 heterocycles. The van der Waals surface area contributed by atoms with Gasteiger partial charge in [0.1, 0.15) is 0 Å². The van der Waals surface area contributed by atoms with Crippen LogP contribution in [0.1, 0.15) is 162 Å². The molecule has 1 unspecified atom stereocenters. The number of rotatable bonds is 32. The maximum absolute atomic E-state index is 6.20. The van der Waals surface area contributed by atoms with Gasteiger partial charge in [0.25, 0.3) is 0 Å². The first-order valence-corrected chi connectivity index (χ1v) is 17.3. The van der Waals surface area contributed by atoms with E-state index in [0.717, 1.165) is 26.4 Å². The number of ether oxygens (including phenoxy) is 2. The van der Waals surface area contributed by atoms with Gasteiger partial charge in [-0.15, -0.1) is 0 Å². The molecule has 39 heavy (non-hydrogen) atoms. The molecule has 0 amide bonds. The van der Waals surface area contributed by atoms with Crippen molar-refractivity contribution in [2.45, 2.75) is 168 Å². The van der Waals surface area contributed by atoms with Gasteiger partial charge in [0, 0.05) is 19.8 Å². The van der Waals surface area contributed by atoms with Crippen molar-refractivity contribution in [1.82, 2.24) is 4.90 Å².